The van der Waals surface area contributed by atoms with Crippen LogP contribution in [0.4, 0.5) is 0 Å². The van der Waals surface area contributed by atoms with Gasteiger partial charge < -0.3 is 5.11 Å². The molecule has 0 aliphatic heterocycles. The van der Waals surface area contributed by atoms with E-state index >= 15 is 0 Å². The summed E-state index contributed by atoms with van der Waals surface area (Å²) in [4.78, 5) is 0. The van der Waals surface area contributed by atoms with Crippen molar-refractivity contribution in [1.29, 1.82) is 0 Å². The topological polar surface area (TPSA) is 20.2 Å². The molecule has 21 heavy (non-hydrogen) atoms. The molecule has 0 bridgehead atoms. The van der Waals surface area contributed by atoms with Crippen LogP contribution in [0.25, 0.3) is 21.9 Å². The Morgan fingerprint density at radius 1 is 0.905 bits per heavy atom. The van der Waals surface area contributed by atoms with Gasteiger partial charge in [0.2, 0.25) is 0 Å². The first kappa shape index (κ1) is 12.9. The molecule has 0 atom stereocenters. The van der Waals surface area contributed by atoms with Crippen molar-refractivity contribution in [2.24, 2.45) is 0 Å². The van der Waals surface area contributed by atoms with Crippen LogP contribution < -0.4 is 0 Å². The van der Waals surface area contributed by atoms with Gasteiger partial charge in [0.15, 0.2) is 0 Å². The van der Waals surface area contributed by atoms with Gasteiger partial charge in [0.1, 0.15) is 5.75 Å². The lowest BCUT2D eigenvalue weighted by Gasteiger charge is -2.23. The summed E-state index contributed by atoms with van der Waals surface area (Å²) in [5.74, 6) is 0.349. The Labute approximate surface area is 132 Å². The van der Waals surface area contributed by atoms with Crippen LogP contribution >= 0.6 is 15.9 Å². The zero-order valence-corrected chi connectivity index (χ0v) is 13.5. The third-order valence-electron chi connectivity index (χ3n) is 4.62. The number of hydrogen-bond donors (Lipinski definition) is 1. The number of fused-ring (bicyclic) bond motifs is 5. The molecule has 0 radical (unpaired) electrons. The second-order valence-corrected chi connectivity index (χ2v) is 6.92. The Kier molecular flexibility index (Phi) is 2.52. The Morgan fingerprint density at radius 3 is 2.29 bits per heavy atom. The van der Waals surface area contributed by atoms with Crippen molar-refractivity contribution in [1.82, 2.24) is 0 Å². The first-order valence-corrected chi connectivity index (χ1v) is 7.86. The summed E-state index contributed by atoms with van der Waals surface area (Å²) >= 11 is 3.57. The van der Waals surface area contributed by atoms with Gasteiger partial charge in [-0.1, -0.05) is 62.4 Å². The van der Waals surface area contributed by atoms with E-state index in [4.69, 9.17) is 0 Å². The predicted molar refractivity (Wildman–Crippen MR) is 90.9 cm³/mol. The lowest BCUT2D eigenvalue weighted by molar-refractivity contribution is 0.474. The second kappa shape index (κ2) is 4.11. The number of halogens is 1. The Balaban J connectivity index is 2.29. The van der Waals surface area contributed by atoms with Crippen LogP contribution in [0, 0.1) is 0 Å². The average Bonchev–Trinajstić information content (AvgIpc) is 2.74. The Morgan fingerprint density at radius 2 is 1.52 bits per heavy atom. The number of phenolic OH excluding ortho intramolecular Hbond substituents is 1. The maximum Gasteiger partial charge on any atom is 0.138 e. The van der Waals surface area contributed by atoms with Gasteiger partial charge in [0.05, 0.1) is 4.47 Å². The second-order valence-electron chi connectivity index (χ2n) is 6.13. The molecule has 104 valence electrons. The van der Waals surface area contributed by atoms with Crippen molar-refractivity contribution in [3.05, 3.63) is 64.1 Å². The third-order valence-corrected chi connectivity index (χ3v) is 5.43. The quantitative estimate of drug-likeness (QED) is 0.564. The SMILES string of the molecule is CC1(C)c2ccccc2-c2c(O)c(Br)c3ccccc3c21. The molecular weight excluding hydrogens is 324 g/mol. The highest BCUT2D eigenvalue weighted by Crippen LogP contribution is 2.56. The van der Waals surface area contributed by atoms with Crippen LogP contribution in [0.1, 0.15) is 25.0 Å². The molecule has 0 saturated carbocycles. The number of hydrogen-bond acceptors (Lipinski definition) is 1. The highest BCUT2D eigenvalue weighted by molar-refractivity contribution is 9.10. The van der Waals surface area contributed by atoms with Crippen molar-refractivity contribution in [2.45, 2.75) is 19.3 Å². The Hall–Kier alpha value is -1.80. The van der Waals surface area contributed by atoms with Gasteiger partial charge >= 0.3 is 0 Å². The average molecular weight is 339 g/mol. The fourth-order valence-electron chi connectivity index (χ4n) is 3.68. The molecule has 3 aromatic carbocycles. The van der Waals surface area contributed by atoms with Gasteiger partial charge in [-0.15, -0.1) is 0 Å². The molecule has 0 amide bonds. The van der Waals surface area contributed by atoms with Crippen molar-refractivity contribution in [3.8, 4) is 16.9 Å². The van der Waals surface area contributed by atoms with Crippen molar-refractivity contribution < 1.29 is 5.11 Å². The minimum atomic E-state index is -0.107. The summed E-state index contributed by atoms with van der Waals surface area (Å²) in [6, 6.07) is 16.6. The van der Waals surface area contributed by atoms with E-state index in [1.54, 1.807) is 0 Å². The molecule has 1 aliphatic rings. The predicted octanol–water partition coefficient (Wildman–Crippen LogP) is 5.61. The zero-order chi connectivity index (χ0) is 14.8. The Bertz CT molecular complexity index is 893. The molecule has 0 unspecified atom stereocenters. The monoisotopic (exact) mass is 338 g/mol. The van der Waals surface area contributed by atoms with Crippen LogP contribution in [0.3, 0.4) is 0 Å². The van der Waals surface area contributed by atoms with E-state index in [-0.39, 0.29) is 5.41 Å². The number of benzene rings is 3. The van der Waals surface area contributed by atoms with Gasteiger partial charge in [0, 0.05) is 11.0 Å². The molecule has 3 aromatic rings. The number of rotatable bonds is 0. The fourth-order valence-corrected chi connectivity index (χ4v) is 4.22. The van der Waals surface area contributed by atoms with Crippen LogP contribution in [-0.4, -0.2) is 5.11 Å². The summed E-state index contributed by atoms with van der Waals surface area (Å²) in [6.45, 7) is 4.47. The molecule has 0 aromatic heterocycles. The largest absolute Gasteiger partial charge is 0.506 e. The highest BCUT2D eigenvalue weighted by atomic mass is 79.9. The normalized spacial score (nSPS) is 15.0. The summed E-state index contributed by atoms with van der Waals surface area (Å²) in [5, 5.41) is 13.0. The molecule has 1 nitrogen and oxygen atoms in total. The molecule has 2 heteroatoms. The molecule has 0 saturated heterocycles. The molecule has 1 N–H and O–H groups in total. The van der Waals surface area contributed by atoms with E-state index in [0.29, 0.717) is 5.75 Å². The van der Waals surface area contributed by atoms with E-state index in [0.717, 1.165) is 21.0 Å². The lowest BCUT2D eigenvalue weighted by Crippen LogP contribution is -2.15. The van der Waals surface area contributed by atoms with Crippen LogP contribution in [-0.2, 0) is 5.41 Å². The zero-order valence-electron chi connectivity index (χ0n) is 11.9. The van der Waals surface area contributed by atoms with Crippen LogP contribution in [0.2, 0.25) is 0 Å². The lowest BCUT2D eigenvalue weighted by atomic mass is 9.80. The van der Waals surface area contributed by atoms with Crippen LogP contribution in [0.15, 0.2) is 53.0 Å². The summed E-state index contributed by atoms with van der Waals surface area (Å²) in [5.41, 5.74) is 4.50. The third kappa shape index (κ3) is 1.51. The van der Waals surface area contributed by atoms with Crippen molar-refractivity contribution >= 4 is 26.7 Å². The minimum Gasteiger partial charge on any atom is -0.506 e. The van der Waals surface area contributed by atoms with E-state index in [1.807, 2.05) is 12.1 Å². The maximum atomic E-state index is 10.7. The van der Waals surface area contributed by atoms with E-state index in [9.17, 15) is 5.11 Å². The van der Waals surface area contributed by atoms with Gasteiger partial charge in [-0.05, 0) is 43.4 Å². The van der Waals surface area contributed by atoms with Gasteiger partial charge in [-0.25, -0.2) is 0 Å². The van der Waals surface area contributed by atoms with Gasteiger partial charge in [0.25, 0.3) is 0 Å². The molecular formula is C19H15BrO. The molecule has 1 aliphatic carbocycles. The van der Waals surface area contributed by atoms with Gasteiger partial charge in [-0.3, -0.25) is 0 Å². The van der Waals surface area contributed by atoms with Gasteiger partial charge in [-0.2, -0.15) is 0 Å². The molecule has 0 spiro atoms. The molecule has 0 heterocycles. The summed E-state index contributed by atoms with van der Waals surface area (Å²) < 4.78 is 0.782. The summed E-state index contributed by atoms with van der Waals surface area (Å²) in [6.07, 6.45) is 0. The number of aromatic hydroxyl groups is 1. The minimum absolute atomic E-state index is 0.107. The van der Waals surface area contributed by atoms with E-state index < -0.39 is 0 Å². The molecule has 0 fully saturated rings. The van der Waals surface area contributed by atoms with Crippen LogP contribution in [0.5, 0.6) is 5.75 Å². The highest BCUT2D eigenvalue weighted by Gasteiger charge is 2.39. The van der Waals surface area contributed by atoms with Crippen molar-refractivity contribution in [2.75, 3.05) is 0 Å². The smallest absolute Gasteiger partial charge is 0.138 e. The molecule has 4 rings (SSSR count). The fraction of sp³-hybridized carbons (Fsp3) is 0.158. The number of phenols is 1. The maximum absolute atomic E-state index is 10.7. The first-order chi connectivity index (χ1) is 10.0. The standard InChI is InChI=1S/C19H15BrO/c1-19(2)14-10-6-5-9-13(14)15-16(19)11-7-3-4-8-12(11)17(20)18(15)21/h3-10,21H,1-2H3. The first-order valence-electron chi connectivity index (χ1n) is 7.07. The van der Waals surface area contributed by atoms with Crippen molar-refractivity contribution in [3.63, 3.8) is 0 Å². The summed E-state index contributed by atoms with van der Waals surface area (Å²) in [7, 11) is 0. The van der Waals surface area contributed by atoms with E-state index in [1.165, 1.54) is 16.5 Å². The van der Waals surface area contributed by atoms with E-state index in [2.05, 4.69) is 66.2 Å².